The Hall–Kier alpha value is -0.840. The summed E-state index contributed by atoms with van der Waals surface area (Å²) in [6.45, 7) is 8.49. The molecule has 19 heavy (non-hydrogen) atoms. The Kier molecular flexibility index (Phi) is 3.91. The molecule has 0 bridgehead atoms. The number of aryl methyl sites for hydroxylation is 1. The number of piperazine rings is 1. The zero-order valence-corrected chi connectivity index (χ0v) is 11.8. The first kappa shape index (κ1) is 13.2. The van der Waals surface area contributed by atoms with Gasteiger partial charge in [-0.2, -0.15) is 0 Å². The van der Waals surface area contributed by atoms with Gasteiger partial charge in [-0.1, -0.05) is 0 Å². The second-order valence-corrected chi connectivity index (χ2v) is 5.98. The summed E-state index contributed by atoms with van der Waals surface area (Å²) in [5, 5.41) is 0. The molecule has 2 fully saturated rings. The van der Waals surface area contributed by atoms with Crippen molar-refractivity contribution in [2.24, 2.45) is 11.7 Å². The quantitative estimate of drug-likeness (QED) is 0.877. The fourth-order valence-corrected chi connectivity index (χ4v) is 3.00. The van der Waals surface area contributed by atoms with E-state index in [0.29, 0.717) is 6.54 Å². The Morgan fingerprint density at radius 2 is 2.00 bits per heavy atom. The Balaban J connectivity index is 1.56. The topological polar surface area (TPSA) is 45.6 Å². The molecule has 1 aliphatic heterocycles. The van der Waals surface area contributed by atoms with Crippen LogP contribution in [0.5, 0.6) is 0 Å². The highest BCUT2D eigenvalue weighted by atomic mass is 16.3. The molecule has 106 valence electrons. The monoisotopic (exact) mass is 263 g/mol. The molecule has 0 aromatic carbocycles. The zero-order chi connectivity index (χ0) is 13.2. The summed E-state index contributed by atoms with van der Waals surface area (Å²) < 4.78 is 5.76. The van der Waals surface area contributed by atoms with E-state index in [1.54, 1.807) is 0 Å². The molecule has 1 unspecified atom stereocenters. The molecular weight excluding hydrogens is 238 g/mol. The lowest BCUT2D eigenvalue weighted by atomic mass is 10.1. The molecular formula is C15H25N3O. The highest BCUT2D eigenvalue weighted by Gasteiger charge is 2.29. The van der Waals surface area contributed by atoms with Crippen LogP contribution in [-0.2, 0) is 0 Å². The Morgan fingerprint density at radius 1 is 1.26 bits per heavy atom. The van der Waals surface area contributed by atoms with Crippen LogP contribution in [0.4, 0.5) is 0 Å². The first-order valence-corrected chi connectivity index (χ1v) is 7.49. The van der Waals surface area contributed by atoms with Gasteiger partial charge in [-0.25, -0.2) is 0 Å². The third-order valence-corrected chi connectivity index (χ3v) is 4.37. The van der Waals surface area contributed by atoms with E-state index in [-0.39, 0.29) is 6.04 Å². The maximum Gasteiger partial charge on any atom is 0.122 e. The number of nitrogens with zero attached hydrogens (tertiary/aromatic N) is 2. The number of hydrogen-bond donors (Lipinski definition) is 1. The van der Waals surface area contributed by atoms with Crippen molar-refractivity contribution in [2.75, 3.05) is 39.3 Å². The molecule has 1 atom stereocenters. The summed E-state index contributed by atoms with van der Waals surface area (Å²) in [5.74, 6) is 2.99. The van der Waals surface area contributed by atoms with Gasteiger partial charge in [-0.05, 0) is 37.8 Å². The fourth-order valence-electron chi connectivity index (χ4n) is 3.00. The molecule has 4 nitrogen and oxygen atoms in total. The first-order chi connectivity index (χ1) is 9.26. The fraction of sp³-hybridized carbons (Fsp3) is 0.733. The van der Waals surface area contributed by atoms with Crippen LogP contribution in [0, 0.1) is 12.8 Å². The second-order valence-electron chi connectivity index (χ2n) is 5.98. The molecule has 1 saturated heterocycles. The molecule has 2 N–H and O–H groups in total. The minimum atomic E-state index is 0.247. The summed E-state index contributed by atoms with van der Waals surface area (Å²) in [6.07, 6.45) is 2.88. The van der Waals surface area contributed by atoms with Crippen molar-refractivity contribution in [3.05, 3.63) is 23.7 Å². The molecule has 1 aliphatic carbocycles. The average Bonchev–Trinajstić information content (AvgIpc) is 3.13. The van der Waals surface area contributed by atoms with Gasteiger partial charge in [0.1, 0.15) is 11.5 Å². The number of nitrogens with two attached hydrogens (primary N) is 1. The van der Waals surface area contributed by atoms with Gasteiger partial charge >= 0.3 is 0 Å². The summed E-state index contributed by atoms with van der Waals surface area (Å²) in [6, 6.07) is 4.35. The van der Waals surface area contributed by atoms with Crippen LogP contribution < -0.4 is 5.73 Å². The van der Waals surface area contributed by atoms with Gasteiger partial charge in [0.15, 0.2) is 0 Å². The summed E-state index contributed by atoms with van der Waals surface area (Å²) in [5.41, 5.74) is 5.96. The maximum atomic E-state index is 5.96. The normalized spacial score (nSPS) is 23.7. The van der Waals surface area contributed by atoms with Crippen molar-refractivity contribution in [1.29, 1.82) is 0 Å². The van der Waals surface area contributed by atoms with E-state index in [2.05, 4.69) is 15.9 Å². The zero-order valence-electron chi connectivity index (χ0n) is 11.8. The van der Waals surface area contributed by atoms with Crippen molar-refractivity contribution in [2.45, 2.75) is 25.8 Å². The van der Waals surface area contributed by atoms with Crippen LogP contribution in [0.2, 0.25) is 0 Å². The average molecular weight is 263 g/mol. The standard InChI is InChI=1S/C15H25N3O/c1-12-2-5-15(19-12)14(10-16)18-8-6-17(7-9-18)11-13-3-4-13/h2,5,13-14H,3-4,6-11,16H2,1H3. The molecule has 3 rings (SSSR count). The van der Waals surface area contributed by atoms with Crippen molar-refractivity contribution in [3.8, 4) is 0 Å². The predicted octanol–water partition coefficient (Wildman–Crippen LogP) is 1.62. The number of rotatable bonds is 5. The lowest BCUT2D eigenvalue weighted by Crippen LogP contribution is -2.49. The Labute approximate surface area is 115 Å². The first-order valence-electron chi connectivity index (χ1n) is 7.49. The van der Waals surface area contributed by atoms with Crippen LogP contribution >= 0.6 is 0 Å². The van der Waals surface area contributed by atoms with E-state index in [9.17, 15) is 0 Å². The van der Waals surface area contributed by atoms with Crippen LogP contribution in [0.3, 0.4) is 0 Å². The molecule has 0 radical (unpaired) electrons. The van der Waals surface area contributed by atoms with Crippen LogP contribution in [0.1, 0.15) is 30.4 Å². The molecule has 0 spiro atoms. The summed E-state index contributed by atoms with van der Waals surface area (Å²) in [4.78, 5) is 5.08. The Morgan fingerprint density at radius 3 is 2.53 bits per heavy atom. The number of furan rings is 1. The van der Waals surface area contributed by atoms with Crippen molar-refractivity contribution in [1.82, 2.24) is 9.80 Å². The van der Waals surface area contributed by atoms with Gasteiger partial charge in [0.05, 0.1) is 6.04 Å². The van der Waals surface area contributed by atoms with Gasteiger partial charge < -0.3 is 15.1 Å². The smallest absolute Gasteiger partial charge is 0.122 e. The molecule has 2 aliphatic rings. The minimum Gasteiger partial charge on any atom is -0.465 e. The van der Waals surface area contributed by atoms with E-state index in [1.165, 1.54) is 32.5 Å². The van der Waals surface area contributed by atoms with Gasteiger partial charge in [0.25, 0.3) is 0 Å². The lowest BCUT2D eigenvalue weighted by Gasteiger charge is -2.38. The van der Waals surface area contributed by atoms with E-state index < -0.39 is 0 Å². The summed E-state index contributed by atoms with van der Waals surface area (Å²) >= 11 is 0. The third kappa shape index (κ3) is 3.19. The highest BCUT2D eigenvalue weighted by Crippen LogP contribution is 2.30. The largest absolute Gasteiger partial charge is 0.465 e. The van der Waals surface area contributed by atoms with Crippen molar-refractivity contribution < 1.29 is 4.42 Å². The second kappa shape index (κ2) is 5.65. The molecule has 2 heterocycles. The minimum absolute atomic E-state index is 0.247. The van der Waals surface area contributed by atoms with Gasteiger partial charge in [-0.3, -0.25) is 4.90 Å². The third-order valence-electron chi connectivity index (χ3n) is 4.37. The van der Waals surface area contributed by atoms with Gasteiger partial charge in [0, 0.05) is 39.3 Å². The molecule has 1 saturated carbocycles. The highest BCUT2D eigenvalue weighted by molar-refractivity contribution is 5.10. The van der Waals surface area contributed by atoms with Crippen LogP contribution in [0.15, 0.2) is 16.5 Å². The molecule has 4 heteroatoms. The SMILES string of the molecule is Cc1ccc(C(CN)N2CCN(CC3CC3)CC2)o1. The van der Waals surface area contributed by atoms with Crippen molar-refractivity contribution in [3.63, 3.8) is 0 Å². The Bertz CT molecular complexity index is 405. The van der Waals surface area contributed by atoms with Crippen LogP contribution in [0.25, 0.3) is 0 Å². The molecule has 1 aromatic heterocycles. The van der Waals surface area contributed by atoms with Gasteiger partial charge in [0.2, 0.25) is 0 Å². The molecule has 1 aromatic rings. The lowest BCUT2D eigenvalue weighted by molar-refractivity contribution is 0.0866. The molecule has 0 amide bonds. The van der Waals surface area contributed by atoms with Gasteiger partial charge in [-0.15, -0.1) is 0 Å². The van der Waals surface area contributed by atoms with E-state index in [1.807, 2.05) is 13.0 Å². The maximum absolute atomic E-state index is 5.96. The van der Waals surface area contributed by atoms with Crippen molar-refractivity contribution >= 4 is 0 Å². The predicted molar refractivity (Wildman–Crippen MR) is 76.0 cm³/mol. The van der Waals surface area contributed by atoms with Crippen LogP contribution in [-0.4, -0.2) is 49.1 Å². The van der Waals surface area contributed by atoms with E-state index in [0.717, 1.165) is 30.5 Å². The van der Waals surface area contributed by atoms with E-state index in [4.69, 9.17) is 10.2 Å². The number of hydrogen-bond acceptors (Lipinski definition) is 4. The van der Waals surface area contributed by atoms with E-state index >= 15 is 0 Å². The summed E-state index contributed by atoms with van der Waals surface area (Å²) in [7, 11) is 0.